The van der Waals surface area contributed by atoms with Gasteiger partial charge in [-0.3, -0.25) is 13.9 Å². The zero-order valence-electron chi connectivity index (χ0n) is 28.4. The molecule has 1 unspecified atom stereocenters. The SMILES string of the molecule is COc1ccc(S(=O)(=O)N(CC(=O)N(Cc2c(Cl)cccc2Cl)C(Cc2ccccc2)C(=O)NC(C)(C)C)c2ccc(C)cc2)cc1OC. The van der Waals surface area contributed by atoms with E-state index in [1.54, 1.807) is 42.5 Å². The van der Waals surface area contributed by atoms with Gasteiger partial charge in [0.15, 0.2) is 11.5 Å². The number of carbonyl (C=O) groups is 2. The van der Waals surface area contributed by atoms with Crippen molar-refractivity contribution in [3.63, 3.8) is 0 Å². The minimum atomic E-state index is -4.38. The van der Waals surface area contributed by atoms with Crippen molar-refractivity contribution in [1.29, 1.82) is 0 Å². The molecule has 0 saturated heterocycles. The average molecular weight is 727 g/mol. The molecule has 0 saturated carbocycles. The number of anilines is 1. The zero-order valence-corrected chi connectivity index (χ0v) is 30.7. The summed E-state index contributed by atoms with van der Waals surface area (Å²) in [7, 11) is -1.52. The summed E-state index contributed by atoms with van der Waals surface area (Å²) in [4.78, 5) is 30.1. The van der Waals surface area contributed by atoms with Crippen molar-refractivity contribution >= 4 is 50.7 Å². The number of hydrogen-bond acceptors (Lipinski definition) is 6. The zero-order chi connectivity index (χ0) is 35.9. The number of hydrogen-bond donors (Lipinski definition) is 1. The molecule has 4 rings (SSSR count). The van der Waals surface area contributed by atoms with Gasteiger partial charge in [0.25, 0.3) is 10.0 Å². The van der Waals surface area contributed by atoms with Gasteiger partial charge < -0.3 is 19.7 Å². The number of rotatable bonds is 13. The van der Waals surface area contributed by atoms with E-state index in [1.165, 1.54) is 37.3 Å². The second-order valence-corrected chi connectivity index (χ2v) is 15.2. The predicted molar refractivity (Wildman–Crippen MR) is 194 cm³/mol. The van der Waals surface area contributed by atoms with Gasteiger partial charge in [-0.2, -0.15) is 0 Å². The van der Waals surface area contributed by atoms with E-state index in [0.717, 1.165) is 15.4 Å². The molecule has 0 aliphatic heterocycles. The van der Waals surface area contributed by atoms with Crippen LogP contribution in [0.3, 0.4) is 0 Å². The number of carbonyl (C=O) groups excluding carboxylic acids is 2. The fourth-order valence-corrected chi connectivity index (χ4v) is 7.15. The lowest BCUT2D eigenvalue weighted by Crippen LogP contribution is -2.56. The summed E-state index contributed by atoms with van der Waals surface area (Å²) in [5, 5.41) is 3.60. The Morgan fingerprint density at radius 2 is 1.45 bits per heavy atom. The fourth-order valence-electron chi connectivity index (χ4n) is 5.20. The van der Waals surface area contributed by atoms with Crippen molar-refractivity contribution in [3.8, 4) is 11.5 Å². The highest BCUT2D eigenvalue weighted by Crippen LogP contribution is 2.33. The first-order chi connectivity index (χ1) is 23.1. The molecule has 0 aliphatic rings. The lowest BCUT2D eigenvalue weighted by molar-refractivity contribution is -0.140. The fraction of sp³-hybridized carbons (Fsp3) is 0.297. The van der Waals surface area contributed by atoms with Gasteiger partial charge in [0, 0.05) is 40.2 Å². The van der Waals surface area contributed by atoms with Crippen LogP contribution in [0.2, 0.25) is 10.0 Å². The van der Waals surface area contributed by atoms with Gasteiger partial charge in [-0.05, 0) is 69.7 Å². The van der Waals surface area contributed by atoms with Crippen LogP contribution in [-0.2, 0) is 32.6 Å². The Hall–Kier alpha value is -4.25. The van der Waals surface area contributed by atoms with E-state index in [4.69, 9.17) is 32.7 Å². The largest absolute Gasteiger partial charge is 0.493 e. The summed E-state index contributed by atoms with van der Waals surface area (Å²) in [5.74, 6) is -0.519. The van der Waals surface area contributed by atoms with E-state index in [2.05, 4.69) is 5.32 Å². The van der Waals surface area contributed by atoms with Gasteiger partial charge >= 0.3 is 0 Å². The molecular weight excluding hydrogens is 685 g/mol. The number of ether oxygens (including phenoxy) is 2. The standard InChI is InChI=1S/C37H41Cl2N3O6S/c1-25-15-17-27(18-16-25)42(49(45,46)28-19-20-33(47-5)34(22-28)48-6)24-35(43)41(23-29-30(38)13-10-14-31(29)39)32(36(44)40-37(2,3)4)21-26-11-8-7-9-12-26/h7-20,22,32H,21,23-24H2,1-6H3,(H,40,44). The topological polar surface area (TPSA) is 105 Å². The lowest BCUT2D eigenvalue weighted by atomic mass is 10.0. The smallest absolute Gasteiger partial charge is 0.264 e. The summed E-state index contributed by atoms with van der Waals surface area (Å²) in [6.07, 6.45) is 0.142. The summed E-state index contributed by atoms with van der Waals surface area (Å²) in [6.45, 7) is 6.60. The Bertz CT molecular complexity index is 1860. The molecule has 0 heterocycles. The third-order valence-corrected chi connectivity index (χ3v) is 10.2. The average Bonchev–Trinajstić information content (AvgIpc) is 3.06. The van der Waals surface area contributed by atoms with Crippen molar-refractivity contribution in [3.05, 3.63) is 118 Å². The summed E-state index contributed by atoms with van der Waals surface area (Å²) >= 11 is 13.2. The number of nitrogens with zero attached hydrogens (tertiary/aromatic N) is 2. The molecule has 4 aromatic carbocycles. The van der Waals surface area contributed by atoms with Crippen LogP contribution < -0.4 is 19.1 Å². The molecule has 0 fully saturated rings. The van der Waals surface area contributed by atoms with Gasteiger partial charge in [-0.25, -0.2) is 8.42 Å². The Morgan fingerprint density at radius 3 is 2.02 bits per heavy atom. The number of methoxy groups -OCH3 is 2. The van der Waals surface area contributed by atoms with Crippen LogP contribution in [0, 0.1) is 6.92 Å². The first-order valence-corrected chi connectivity index (χ1v) is 17.7. The van der Waals surface area contributed by atoms with Gasteiger partial charge in [0.2, 0.25) is 11.8 Å². The van der Waals surface area contributed by atoms with Crippen molar-refractivity contribution < 1.29 is 27.5 Å². The van der Waals surface area contributed by atoms with Crippen LogP contribution in [-0.4, -0.2) is 57.5 Å². The van der Waals surface area contributed by atoms with E-state index >= 15 is 0 Å². The number of benzene rings is 4. The number of halogens is 2. The molecule has 4 aromatic rings. The minimum Gasteiger partial charge on any atom is -0.493 e. The molecule has 9 nitrogen and oxygen atoms in total. The molecule has 49 heavy (non-hydrogen) atoms. The third-order valence-electron chi connectivity index (χ3n) is 7.70. The normalized spacial score (nSPS) is 12.2. The highest BCUT2D eigenvalue weighted by atomic mass is 35.5. The maximum Gasteiger partial charge on any atom is 0.264 e. The molecule has 0 aromatic heterocycles. The van der Waals surface area contributed by atoms with Gasteiger partial charge in [-0.1, -0.05) is 77.3 Å². The van der Waals surface area contributed by atoms with Crippen molar-refractivity contribution in [2.45, 2.75) is 57.1 Å². The Labute approximate surface area is 298 Å². The highest BCUT2D eigenvalue weighted by Gasteiger charge is 2.36. The van der Waals surface area contributed by atoms with E-state index in [0.29, 0.717) is 21.4 Å². The molecule has 0 aliphatic carbocycles. The van der Waals surface area contributed by atoms with Crippen LogP contribution in [0.25, 0.3) is 0 Å². The molecule has 260 valence electrons. The lowest BCUT2D eigenvalue weighted by Gasteiger charge is -2.35. The van der Waals surface area contributed by atoms with Crippen LogP contribution in [0.1, 0.15) is 37.5 Å². The molecule has 1 N–H and O–H groups in total. The maximum absolute atomic E-state index is 14.7. The van der Waals surface area contributed by atoms with E-state index < -0.39 is 40.0 Å². The second kappa shape index (κ2) is 16.0. The minimum absolute atomic E-state index is 0.120. The molecule has 2 amide bonds. The first-order valence-electron chi connectivity index (χ1n) is 15.5. The maximum atomic E-state index is 14.7. The molecule has 0 radical (unpaired) electrons. The molecule has 0 bridgehead atoms. The summed E-state index contributed by atoms with van der Waals surface area (Å²) in [6, 6.07) is 24.2. The molecule has 1 atom stereocenters. The molecule has 0 spiro atoms. The summed E-state index contributed by atoms with van der Waals surface area (Å²) < 4.78 is 40.6. The monoisotopic (exact) mass is 725 g/mol. The number of sulfonamides is 1. The number of amides is 2. The predicted octanol–water partition coefficient (Wildman–Crippen LogP) is 7.07. The van der Waals surface area contributed by atoms with Gasteiger partial charge in [0.05, 0.1) is 24.8 Å². The van der Waals surface area contributed by atoms with Crippen LogP contribution in [0.4, 0.5) is 5.69 Å². The second-order valence-electron chi connectivity index (χ2n) is 12.5. The molecule has 12 heteroatoms. The van der Waals surface area contributed by atoms with Crippen molar-refractivity contribution in [2.75, 3.05) is 25.1 Å². The van der Waals surface area contributed by atoms with Crippen LogP contribution in [0.5, 0.6) is 11.5 Å². The number of aryl methyl sites for hydroxylation is 1. The number of nitrogens with one attached hydrogen (secondary N) is 1. The third kappa shape index (κ3) is 9.47. The quantitative estimate of drug-likeness (QED) is 0.158. The van der Waals surface area contributed by atoms with E-state index in [1.807, 2.05) is 58.0 Å². The summed E-state index contributed by atoms with van der Waals surface area (Å²) in [5.41, 5.74) is 1.74. The first kappa shape index (κ1) is 37.6. The van der Waals surface area contributed by atoms with Gasteiger partial charge in [-0.15, -0.1) is 0 Å². The molecular formula is C37H41Cl2N3O6S. The van der Waals surface area contributed by atoms with Crippen LogP contribution >= 0.6 is 23.2 Å². The van der Waals surface area contributed by atoms with Gasteiger partial charge in [0.1, 0.15) is 12.6 Å². The van der Waals surface area contributed by atoms with Crippen LogP contribution in [0.15, 0.2) is 95.9 Å². The Kier molecular flexibility index (Phi) is 12.2. The van der Waals surface area contributed by atoms with E-state index in [-0.39, 0.29) is 29.3 Å². The van der Waals surface area contributed by atoms with Crippen molar-refractivity contribution in [2.24, 2.45) is 0 Å². The highest BCUT2D eigenvalue weighted by molar-refractivity contribution is 7.92. The van der Waals surface area contributed by atoms with Crippen molar-refractivity contribution in [1.82, 2.24) is 10.2 Å². The van der Waals surface area contributed by atoms with E-state index in [9.17, 15) is 18.0 Å². The Balaban J connectivity index is 1.87. The Morgan fingerprint density at radius 1 is 0.837 bits per heavy atom.